The molecule has 0 fully saturated rings. The second kappa shape index (κ2) is 4.13. The van der Waals surface area contributed by atoms with E-state index in [1.807, 2.05) is 48.9 Å². The average molecular weight is 263 g/mol. The molecule has 4 rings (SSSR count). The molecule has 0 spiro atoms. The molecule has 0 aliphatic carbocycles. The number of hydrogen-bond acceptors (Lipinski definition) is 3. The summed E-state index contributed by atoms with van der Waals surface area (Å²) < 4.78 is 8.19. The van der Waals surface area contributed by atoms with E-state index in [-0.39, 0.29) is 6.10 Å². The molecule has 1 atom stereocenters. The fraction of sp³-hybridized carbons (Fsp3) is 0.0625. The van der Waals surface area contributed by atoms with E-state index in [4.69, 9.17) is 10.5 Å². The molecule has 2 aromatic carbocycles. The molecule has 20 heavy (non-hydrogen) atoms. The van der Waals surface area contributed by atoms with Crippen LogP contribution in [0.5, 0.6) is 5.75 Å². The third-order valence-electron chi connectivity index (χ3n) is 3.58. The molecule has 3 aromatic rings. The maximum absolute atomic E-state index is 6.13. The van der Waals surface area contributed by atoms with Crippen molar-refractivity contribution in [3.63, 3.8) is 0 Å². The zero-order valence-electron chi connectivity index (χ0n) is 10.7. The molecule has 98 valence electrons. The average Bonchev–Trinajstić information content (AvgIpc) is 3.04. The van der Waals surface area contributed by atoms with Gasteiger partial charge >= 0.3 is 0 Å². The number of benzene rings is 2. The van der Waals surface area contributed by atoms with Crippen LogP contribution in [0.15, 0.2) is 61.1 Å². The van der Waals surface area contributed by atoms with Gasteiger partial charge in [0.2, 0.25) is 0 Å². The maximum Gasteiger partial charge on any atom is 0.168 e. The molecule has 0 saturated heterocycles. The zero-order valence-corrected chi connectivity index (χ0v) is 10.7. The highest BCUT2D eigenvalue weighted by molar-refractivity contribution is 5.55. The first-order valence-corrected chi connectivity index (χ1v) is 6.47. The lowest BCUT2D eigenvalue weighted by atomic mass is 10.1. The first-order valence-electron chi connectivity index (χ1n) is 6.47. The minimum absolute atomic E-state index is 0.168. The van der Waals surface area contributed by atoms with Crippen LogP contribution in [-0.2, 0) is 0 Å². The summed E-state index contributed by atoms with van der Waals surface area (Å²) in [7, 11) is 0. The van der Waals surface area contributed by atoms with Gasteiger partial charge in [0.15, 0.2) is 6.10 Å². The third-order valence-corrected chi connectivity index (χ3v) is 3.58. The van der Waals surface area contributed by atoms with E-state index in [2.05, 4.69) is 21.7 Å². The fourth-order valence-electron chi connectivity index (χ4n) is 2.63. The van der Waals surface area contributed by atoms with E-state index in [0.29, 0.717) is 11.4 Å². The monoisotopic (exact) mass is 263 g/mol. The lowest BCUT2D eigenvalue weighted by Gasteiger charge is -2.15. The van der Waals surface area contributed by atoms with Crippen molar-refractivity contribution in [1.29, 1.82) is 0 Å². The first kappa shape index (κ1) is 11.1. The minimum atomic E-state index is -0.168. The molecule has 2 heterocycles. The highest BCUT2D eigenvalue weighted by atomic mass is 16.5. The summed E-state index contributed by atoms with van der Waals surface area (Å²) in [5, 5.41) is 0. The summed E-state index contributed by atoms with van der Waals surface area (Å²) in [6, 6.07) is 15.7. The molecule has 0 bridgehead atoms. The zero-order chi connectivity index (χ0) is 13.5. The van der Waals surface area contributed by atoms with Crippen LogP contribution in [-0.4, -0.2) is 9.55 Å². The number of rotatable bonds is 2. The number of ether oxygens (including phenoxy) is 1. The molecule has 1 aliphatic rings. The molecule has 0 amide bonds. The van der Waals surface area contributed by atoms with Gasteiger partial charge < -0.3 is 10.5 Å². The lowest BCUT2D eigenvalue weighted by Crippen LogP contribution is -2.07. The Kier molecular flexibility index (Phi) is 2.29. The molecular weight excluding hydrogens is 250 g/mol. The van der Waals surface area contributed by atoms with Crippen LogP contribution in [0.4, 0.5) is 5.69 Å². The highest BCUT2D eigenvalue weighted by Gasteiger charge is 2.30. The number of nitrogen functional groups attached to an aromatic ring is 1. The quantitative estimate of drug-likeness (QED) is 0.723. The van der Waals surface area contributed by atoms with Gasteiger partial charge in [0.05, 0.1) is 29.6 Å². The molecule has 1 aliphatic heterocycles. The minimum Gasteiger partial charge on any atom is -0.477 e. The van der Waals surface area contributed by atoms with Gasteiger partial charge in [-0.15, -0.1) is 0 Å². The maximum atomic E-state index is 6.13. The summed E-state index contributed by atoms with van der Waals surface area (Å²) in [5.74, 6) is 0.696. The van der Waals surface area contributed by atoms with Crippen molar-refractivity contribution >= 4 is 5.69 Å². The number of anilines is 1. The van der Waals surface area contributed by atoms with Gasteiger partial charge in [-0.1, -0.05) is 30.3 Å². The van der Waals surface area contributed by atoms with Gasteiger partial charge in [0.25, 0.3) is 0 Å². The van der Waals surface area contributed by atoms with Crippen molar-refractivity contribution in [1.82, 2.24) is 9.55 Å². The Bertz CT molecular complexity index is 779. The highest BCUT2D eigenvalue weighted by Crippen LogP contribution is 2.39. The predicted molar refractivity (Wildman–Crippen MR) is 76.9 cm³/mol. The van der Waals surface area contributed by atoms with Gasteiger partial charge in [-0.25, -0.2) is 4.98 Å². The van der Waals surface area contributed by atoms with Crippen LogP contribution in [0.3, 0.4) is 0 Å². The van der Waals surface area contributed by atoms with E-state index < -0.39 is 0 Å². The van der Waals surface area contributed by atoms with E-state index in [1.165, 1.54) is 0 Å². The Balaban J connectivity index is 1.81. The second-order valence-corrected chi connectivity index (χ2v) is 4.78. The predicted octanol–water partition coefficient (Wildman–Crippen LogP) is 2.94. The van der Waals surface area contributed by atoms with Gasteiger partial charge in [-0.2, -0.15) is 0 Å². The smallest absolute Gasteiger partial charge is 0.168 e. The van der Waals surface area contributed by atoms with Gasteiger partial charge in [0, 0.05) is 5.56 Å². The van der Waals surface area contributed by atoms with Crippen molar-refractivity contribution in [2.45, 2.75) is 6.10 Å². The van der Waals surface area contributed by atoms with Gasteiger partial charge in [-0.05, 0) is 18.2 Å². The van der Waals surface area contributed by atoms with E-state index >= 15 is 0 Å². The van der Waals surface area contributed by atoms with Crippen LogP contribution >= 0.6 is 0 Å². The normalized spacial score (nSPS) is 15.7. The standard InChI is InChI=1S/C16H13N3O/c17-12-6-2-4-8-15(12)20-16-11-5-1-3-7-13(11)19-10-18-9-14(16)19/h1-10,16H,17H2. The number of imidazole rings is 1. The summed E-state index contributed by atoms with van der Waals surface area (Å²) in [5.41, 5.74) is 9.87. The largest absolute Gasteiger partial charge is 0.477 e. The van der Waals surface area contributed by atoms with Crippen molar-refractivity contribution in [2.24, 2.45) is 0 Å². The second-order valence-electron chi connectivity index (χ2n) is 4.78. The summed E-state index contributed by atoms with van der Waals surface area (Å²) in [6.07, 6.45) is 3.48. The molecular formula is C16H13N3O. The van der Waals surface area contributed by atoms with Crippen LogP contribution in [0.25, 0.3) is 5.69 Å². The van der Waals surface area contributed by atoms with Crippen LogP contribution in [0.1, 0.15) is 17.4 Å². The molecule has 0 saturated carbocycles. The Morgan fingerprint density at radius 3 is 2.75 bits per heavy atom. The third kappa shape index (κ3) is 1.51. The molecule has 4 heteroatoms. The summed E-state index contributed by atoms with van der Waals surface area (Å²) in [6.45, 7) is 0. The van der Waals surface area contributed by atoms with Crippen LogP contribution in [0.2, 0.25) is 0 Å². The Morgan fingerprint density at radius 2 is 1.85 bits per heavy atom. The fourth-order valence-corrected chi connectivity index (χ4v) is 2.63. The van der Waals surface area contributed by atoms with Crippen molar-refractivity contribution in [2.75, 3.05) is 5.73 Å². The topological polar surface area (TPSA) is 53.1 Å². The molecule has 1 aromatic heterocycles. The number of fused-ring (bicyclic) bond motifs is 3. The van der Waals surface area contributed by atoms with E-state index in [0.717, 1.165) is 16.9 Å². The van der Waals surface area contributed by atoms with Gasteiger partial charge in [-0.3, -0.25) is 4.57 Å². The van der Waals surface area contributed by atoms with Crippen molar-refractivity contribution in [3.05, 3.63) is 72.3 Å². The number of para-hydroxylation sites is 3. The Hall–Kier alpha value is -2.75. The van der Waals surface area contributed by atoms with Crippen molar-refractivity contribution < 1.29 is 4.74 Å². The van der Waals surface area contributed by atoms with Crippen LogP contribution in [0, 0.1) is 0 Å². The number of hydrogen-bond donors (Lipinski definition) is 1. The SMILES string of the molecule is Nc1ccccc1OC1c2ccccc2-n2cncc21. The number of nitrogens with zero attached hydrogens (tertiary/aromatic N) is 2. The number of aromatic nitrogens is 2. The molecule has 0 radical (unpaired) electrons. The number of nitrogens with two attached hydrogens (primary N) is 1. The molecule has 2 N–H and O–H groups in total. The Labute approximate surface area is 116 Å². The summed E-state index contributed by atoms with van der Waals surface area (Å²) in [4.78, 5) is 4.21. The first-order chi connectivity index (χ1) is 9.84. The van der Waals surface area contributed by atoms with Crippen LogP contribution < -0.4 is 10.5 Å². The lowest BCUT2D eigenvalue weighted by molar-refractivity contribution is 0.250. The van der Waals surface area contributed by atoms with E-state index in [1.54, 1.807) is 0 Å². The van der Waals surface area contributed by atoms with Gasteiger partial charge in [0.1, 0.15) is 5.75 Å². The van der Waals surface area contributed by atoms with E-state index in [9.17, 15) is 0 Å². The summed E-state index contributed by atoms with van der Waals surface area (Å²) >= 11 is 0. The molecule has 4 nitrogen and oxygen atoms in total. The Morgan fingerprint density at radius 1 is 1.05 bits per heavy atom. The molecule has 1 unspecified atom stereocenters. The van der Waals surface area contributed by atoms with Crippen molar-refractivity contribution in [3.8, 4) is 11.4 Å².